The first-order chi connectivity index (χ1) is 12.5. The molecule has 1 amide bonds. The third kappa shape index (κ3) is 4.68. The summed E-state index contributed by atoms with van der Waals surface area (Å²) in [5, 5.41) is 7.72. The van der Waals surface area contributed by atoms with E-state index in [4.69, 9.17) is 0 Å². The summed E-state index contributed by atoms with van der Waals surface area (Å²) in [6.07, 6.45) is 3.27. The van der Waals surface area contributed by atoms with E-state index in [0.717, 1.165) is 43.9 Å². The molecule has 1 aromatic heterocycles. The molecule has 5 nitrogen and oxygen atoms in total. The zero-order chi connectivity index (χ0) is 18.7. The number of halogens is 2. The van der Waals surface area contributed by atoms with E-state index in [9.17, 15) is 9.18 Å². The van der Waals surface area contributed by atoms with Crippen LogP contribution in [-0.2, 0) is 0 Å². The maximum absolute atomic E-state index is 13.2. The number of benzene rings is 1. The number of nitrogens with one attached hydrogen (secondary N) is 1. The van der Waals surface area contributed by atoms with Crippen LogP contribution >= 0.6 is 12.4 Å². The summed E-state index contributed by atoms with van der Waals surface area (Å²) >= 11 is 0. The molecule has 1 aromatic carbocycles. The van der Waals surface area contributed by atoms with Gasteiger partial charge in [-0.05, 0) is 76.9 Å². The maximum Gasteiger partial charge on any atom is 0.257 e. The normalized spacial score (nSPS) is 14.9. The molecule has 7 heteroatoms. The molecule has 27 heavy (non-hydrogen) atoms. The van der Waals surface area contributed by atoms with E-state index in [1.165, 1.54) is 18.6 Å². The summed E-state index contributed by atoms with van der Waals surface area (Å²) in [4.78, 5) is 15.0. The molecule has 0 spiro atoms. The van der Waals surface area contributed by atoms with Gasteiger partial charge in [-0.1, -0.05) is 0 Å². The highest BCUT2D eigenvalue weighted by molar-refractivity contribution is 5.96. The zero-order valence-electron chi connectivity index (χ0n) is 16.2. The predicted molar refractivity (Wildman–Crippen MR) is 107 cm³/mol. The number of carbonyl (C=O) groups excluding carboxylic acids is 1. The highest BCUT2D eigenvalue weighted by Gasteiger charge is 2.27. The molecule has 0 unspecified atom stereocenters. The molecule has 3 rings (SSSR count). The van der Waals surface area contributed by atoms with Crippen molar-refractivity contribution in [2.75, 3.05) is 26.7 Å². The largest absolute Gasteiger partial charge is 0.339 e. The van der Waals surface area contributed by atoms with Gasteiger partial charge in [-0.15, -0.1) is 12.4 Å². The fourth-order valence-electron chi connectivity index (χ4n) is 3.72. The van der Waals surface area contributed by atoms with Crippen molar-refractivity contribution >= 4 is 18.3 Å². The van der Waals surface area contributed by atoms with Gasteiger partial charge < -0.3 is 10.2 Å². The van der Waals surface area contributed by atoms with Crippen molar-refractivity contribution in [1.29, 1.82) is 0 Å². The van der Waals surface area contributed by atoms with Gasteiger partial charge in [0, 0.05) is 13.1 Å². The molecule has 1 saturated heterocycles. The van der Waals surface area contributed by atoms with Gasteiger partial charge in [-0.25, -0.2) is 9.07 Å². The second-order valence-corrected chi connectivity index (χ2v) is 7.06. The van der Waals surface area contributed by atoms with Gasteiger partial charge in [-0.3, -0.25) is 4.79 Å². The first-order valence-corrected chi connectivity index (χ1v) is 9.27. The van der Waals surface area contributed by atoms with Crippen molar-refractivity contribution < 1.29 is 9.18 Å². The lowest BCUT2D eigenvalue weighted by Crippen LogP contribution is -2.39. The van der Waals surface area contributed by atoms with Crippen molar-refractivity contribution in [2.24, 2.45) is 5.92 Å². The molecule has 1 N–H and O–H groups in total. The van der Waals surface area contributed by atoms with Gasteiger partial charge in [0.05, 0.1) is 22.6 Å². The number of nitrogens with zero attached hydrogens (tertiary/aromatic N) is 3. The molecule has 1 aliphatic heterocycles. The number of rotatable bonds is 5. The molecular weight excluding hydrogens is 367 g/mol. The van der Waals surface area contributed by atoms with Crippen LogP contribution in [0.4, 0.5) is 4.39 Å². The summed E-state index contributed by atoms with van der Waals surface area (Å²) in [5.41, 5.74) is 2.95. The Bertz CT molecular complexity index is 767. The highest BCUT2D eigenvalue weighted by Crippen LogP contribution is 2.24. The molecule has 0 aliphatic carbocycles. The van der Waals surface area contributed by atoms with E-state index in [2.05, 4.69) is 10.4 Å². The quantitative estimate of drug-likeness (QED) is 0.844. The van der Waals surface area contributed by atoms with Crippen LogP contribution in [0.3, 0.4) is 0 Å². The Morgan fingerprint density at radius 3 is 2.44 bits per heavy atom. The summed E-state index contributed by atoms with van der Waals surface area (Å²) in [5.74, 6) is 0.462. The van der Waals surface area contributed by atoms with E-state index >= 15 is 0 Å². The van der Waals surface area contributed by atoms with E-state index in [-0.39, 0.29) is 24.1 Å². The van der Waals surface area contributed by atoms with Gasteiger partial charge in [0.15, 0.2) is 0 Å². The summed E-state index contributed by atoms with van der Waals surface area (Å²) in [7, 11) is 1.98. The van der Waals surface area contributed by atoms with Gasteiger partial charge in [0.1, 0.15) is 5.82 Å². The number of likely N-dealkylation sites (tertiary alicyclic amines) is 1. The smallest absolute Gasteiger partial charge is 0.257 e. The van der Waals surface area contributed by atoms with E-state index in [1.54, 1.807) is 16.8 Å². The lowest BCUT2D eigenvalue weighted by molar-refractivity contribution is 0.0685. The van der Waals surface area contributed by atoms with Crippen LogP contribution in [0.25, 0.3) is 5.69 Å². The lowest BCUT2D eigenvalue weighted by Gasteiger charge is -2.32. The molecule has 0 radical (unpaired) electrons. The Labute approximate surface area is 166 Å². The Kier molecular flexibility index (Phi) is 7.39. The molecule has 148 valence electrons. The number of aromatic nitrogens is 2. The minimum Gasteiger partial charge on any atom is -0.339 e. The first-order valence-electron chi connectivity index (χ1n) is 9.27. The first kappa shape index (κ1) is 21.4. The van der Waals surface area contributed by atoms with Crippen molar-refractivity contribution in [3.8, 4) is 5.69 Å². The Morgan fingerprint density at radius 2 is 1.85 bits per heavy atom. The van der Waals surface area contributed by atoms with Crippen molar-refractivity contribution in [1.82, 2.24) is 20.0 Å². The number of piperidine rings is 1. The van der Waals surface area contributed by atoms with Crippen LogP contribution in [0.1, 0.15) is 41.0 Å². The SMILES string of the molecule is CNCCC1CCN(C(=O)c2c(C)nn(-c3ccc(F)cc3)c2C)CC1.Cl. The van der Waals surface area contributed by atoms with Crippen LogP contribution < -0.4 is 5.32 Å². The Morgan fingerprint density at radius 1 is 1.22 bits per heavy atom. The third-order valence-electron chi connectivity index (χ3n) is 5.28. The minimum absolute atomic E-state index is 0. The molecule has 0 saturated carbocycles. The molecule has 1 aliphatic rings. The monoisotopic (exact) mass is 394 g/mol. The number of amides is 1. The predicted octanol–water partition coefficient (Wildman–Crippen LogP) is 3.51. The highest BCUT2D eigenvalue weighted by atomic mass is 35.5. The average Bonchev–Trinajstić information content (AvgIpc) is 2.95. The van der Waals surface area contributed by atoms with Crippen molar-refractivity contribution in [3.05, 3.63) is 47.0 Å². The van der Waals surface area contributed by atoms with Gasteiger partial charge in [0.2, 0.25) is 0 Å². The molecular formula is C20H28ClFN4O. The van der Waals surface area contributed by atoms with Crippen LogP contribution in [0.5, 0.6) is 0 Å². The number of hydrogen-bond donors (Lipinski definition) is 1. The van der Waals surface area contributed by atoms with E-state index < -0.39 is 0 Å². The second-order valence-electron chi connectivity index (χ2n) is 7.06. The van der Waals surface area contributed by atoms with Gasteiger partial charge in [0.25, 0.3) is 5.91 Å². The Hall–Kier alpha value is -1.92. The summed E-state index contributed by atoms with van der Waals surface area (Å²) in [6, 6.07) is 6.17. The number of aryl methyl sites for hydroxylation is 1. The Balaban J connectivity index is 0.00000261. The van der Waals surface area contributed by atoms with Crippen LogP contribution in [-0.4, -0.2) is 47.3 Å². The van der Waals surface area contributed by atoms with Crippen LogP contribution in [0.2, 0.25) is 0 Å². The molecule has 2 heterocycles. The van der Waals surface area contributed by atoms with Crippen molar-refractivity contribution in [3.63, 3.8) is 0 Å². The minimum atomic E-state index is -0.285. The maximum atomic E-state index is 13.2. The van der Waals surface area contributed by atoms with Gasteiger partial charge >= 0.3 is 0 Å². The van der Waals surface area contributed by atoms with Crippen LogP contribution in [0, 0.1) is 25.6 Å². The standard InChI is InChI=1S/C20H27FN4O.ClH/c1-14-19(15(2)25(23-14)18-6-4-17(21)5-7-18)20(26)24-12-9-16(10-13-24)8-11-22-3;/h4-7,16,22H,8-13H2,1-3H3;1H. The molecule has 2 aromatic rings. The zero-order valence-corrected chi connectivity index (χ0v) is 17.0. The third-order valence-corrected chi connectivity index (χ3v) is 5.28. The summed E-state index contributed by atoms with van der Waals surface area (Å²) < 4.78 is 14.9. The molecule has 1 fully saturated rings. The lowest BCUT2D eigenvalue weighted by atomic mass is 9.93. The molecule has 0 atom stereocenters. The van der Waals surface area contributed by atoms with Crippen molar-refractivity contribution in [2.45, 2.75) is 33.1 Å². The van der Waals surface area contributed by atoms with E-state index in [1.807, 2.05) is 25.8 Å². The molecule has 0 bridgehead atoms. The second kappa shape index (κ2) is 9.33. The fraction of sp³-hybridized carbons (Fsp3) is 0.500. The topological polar surface area (TPSA) is 50.2 Å². The van der Waals surface area contributed by atoms with E-state index in [0.29, 0.717) is 17.2 Å². The summed E-state index contributed by atoms with van der Waals surface area (Å²) in [6.45, 7) is 6.39. The number of hydrogen-bond acceptors (Lipinski definition) is 3. The van der Waals surface area contributed by atoms with Crippen LogP contribution in [0.15, 0.2) is 24.3 Å². The number of carbonyl (C=O) groups is 1. The van der Waals surface area contributed by atoms with Gasteiger partial charge in [-0.2, -0.15) is 5.10 Å². The fourth-order valence-corrected chi connectivity index (χ4v) is 3.72. The average molecular weight is 395 g/mol.